The molecule has 0 aromatic heterocycles. The average molecular weight is 226 g/mol. The second kappa shape index (κ2) is 4.66. The highest BCUT2D eigenvalue weighted by atomic mass is 79.9. The topological polar surface area (TPSA) is 63.4 Å². The van der Waals surface area contributed by atoms with Gasteiger partial charge in [0.15, 0.2) is 0 Å². The summed E-state index contributed by atoms with van der Waals surface area (Å²) in [6.45, 7) is 1.75. The number of hydrogen-bond donors (Lipinski definition) is 1. The van der Waals surface area contributed by atoms with Gasteiger partial charge in [-0.1, -0.05) is 6.92 Å². The molecule has 0 bridgehead atoms. The van der Waals surface area contributed by atoms with Crippen molar-refractivity contribution in [3.8, 4) is 0 Å². The van der Waals surface area contributed by atoms with Crippen molar-refractivity contribution in [2.45, 2.75) is 30.6 Å². The molecule has 0 aromatic rings. The largest absolute Gasteiger partial charge is 0.396 e. The number of rotatable bonds is 5. The lowest BCUT2D eigenvalue weighted by Gasteiger charge is -2.15. The quantitative estimate of drug-likeness (QED) is 0.334. The molecular formula is C6H12BrNO3. The highest BCUT2D eigenvalue weighted by molar-refractivity contribution is 9.10. The molecule has 0 heterocycles. The van der Waals surface area contributed by atoms with Gasteiger partial charge in [0.25, 0.3) is 4.45 Å². The molecule has 66 valence electrons. The fourth-order valence-electron chi connectivity index (χ4n) is 0.747. The van der Waals surface area contributed by atoms with Gasteiger partial charge in [-0.3, -0.25) is 10.1 Å². The SMILES string of the molecule is CCC(Br)(CCCO)[N+](=O)[O-]. The molecular weight excluding hydrogens is 214 g/mol. The first kappa shape index (κ1) is 10.8. The molecule has 0 radical (unpaired) electrons. The minimum atomic E-state index is -1.03. The normalized spacial score (nSPS) is 15.9. The first-order valence-electron chi connectivity index (χ1n) is 3.51. The van der Waals surface area contributed by atoms with E-state index in [0.717, 1.165) is 0 Å². The van der Waals surface area contributed by atoms with Crippen molar-refractivity contribution in [2.75, 3.05) is 6.61 Å². The first-order chi connectivity index (χ1) is 5.06. The van der Waals surface area contributed by atoms with E-state index in [4.69, 9.17) is 5.11 Å². The van der Waals surface area contributed by atoms with Crippen LogP contribution in [0.4, 0.5) is 0 Å². The predicted molar refractivity (Wildman–Crippen MR) is 45.3 cm³/mol. The smallest absolute Gasteiger partial charge is 0.274 e. The van der Waals surface area contributed by atoms with E-state index in [-0.39, 0.29) is 11.5 Å². The maximum absolute atomic E-state index is 10.4. The summed E-state index contributed by atoms with van der Waals surface area (Å²) < 4.78 is -1.03. The highest BCUT2D eigenvalue weighted by Gasteiger charge is 2.36. The molecule has 4 nitrogen and oxygen atoms in total. The molecule has 1 N–H and O–H groups in total. The standard InChI is InChI=1S/C6H12BrNO3/c1-2-6(7,8(10)11)4-3-5-9/h9H,2-5H2,1H3. The van der Waals surface area contributed by atoms with Crippen LogP contribution in [-0.2, 0) is 0 Å². The van der Waals surface area contributed by atoms with Crippen molar-refractivity contribution in [2.24, 2.45) is 0 Å². The molecule has 0 rings (SSSR count). The van der Waals surface area contributed by atoms with E-state index in [9.17, 15) is 10.1 Å². The summed E-state index contributed by atoms with van der Waals surface area (Å²) in [4.78, 5) is 10.1. The molecule has 0 aromatic carbocycles. The third-order valence-electron chi connectivity index (χ3n) is 1.59. The zero-order valence-electron chi connectivity index (χ0n) is 6.42. The fourth-order valence-corrected chi connectivity index (χ4v) is 1.03. The van der Waals surface area contributed by atoms with Crippen LogP contribution in [0.25, 0.3) is 0 Å². The van der Waals surface area contributed by atoms with Gasteiger partial charge in [-0.2, -0.15) is 0 Å². The summed E-state index contributed by atoms with van der Waals surface area (Å²) in [5.41, 5.74) is 0. The van der Waals surface area contributed by atoms with E-state index in [1.54, 1.807) is 6.92 Å². The number of nitro groups is 1. The van der Waals surface area contributed by atoms with Crippen molar-refractivity contribution >= 4 is 15.9 Å². The summed E-state index contributed by atoms with van der Waals surface area (Å²) in [6, 6.07) is 0. The average Bonchev–Trinajstić information content (AvgIpc) is 2.00. The van der Waals surface area contributed by atoms with E-state index in [0.29, 0.717) is 19.3 Å². The van der Waals surface area contributed by atoms with E-state index < -0.39 is 4.45 Å². The Balaban J connectivity index is 3.99. The van der Waals surface area contributed by atoms with Gasteiger partial charge in [-0.15, -0.1) is 0 Å². The van der Waals surface area contributed by atoms with Gasteiger partial charge in [-0.05, 0) is 6.42 Å². The van der Waals surface area contributed by atoms with Crippen LogP contribution >= 0.6 is 15.9 Å². The molecule has 0 fully saturated rings. The molecule has 0 amide bonds. The molecule has 0 aliphatic carbocycles. The van der Waals surface area contributed by atoms with Gasteiger partial charge in [0, 0.05) is 40.3 Å². The van der Waals surface area contributed by atoms with Crippen LogP contribution in [0.1, 0.15) is 26.2 Å². The third kappa shape index (κ3) is 3.16. The molecule has 0 aliphatic heterocycles. The third-order valence-corrected chi connectivity index (χ3v) is 2.83. The van der Waals surface area contributed by atoms with E-state index in [1.807, 2.05) is 0 Å². The van der Waals surface area contributed by atoms with Crippen LogP contribution in [0.2, 0.25) is 0 Å². The van der Waals surface area contributed by atoms with Gasteiger partial charge in [0.05, 0.1) is 0 Å². The second-order valence-corrected chi connectivity index (χ2v) is 3.83. The lowest BCUT2D eigenvalue weighted by Crippen LogP contribution is -2.30. The molecule has 1 unspecified atom stereocenters. The summed E-state index contributed by atoms with van der Waals surface area (Å²) >= 11 is 3.04. The Morgan fingerprint density at radius 2 is 2.27 bits per heavy atom. The predicted octanol–water partition coefficient (Wildman–Crippen LogP) is 1.54. The number of hydrogen-bond acceptors (Lipinski definition) is 3. The first-order valence-corrected chi connectivity index (χ1v) is 4.30. The maximum atomic E-state index is 10.4. The van der Waals surface area contributed by atoms with Crippen LogP contribution < -0.4 is 0 Å². The summed E-state index contributed by atoms with van der Waals surface area (Å²) in [7, 11) is 0. The molecule has 0 spiro atoms. The molecule has 1 atom stereocenters. The van der Waals surface area contributed by atoms with Gasteiger partial charge in [0.2, 0.25) is 0 Å². The van der Waals surface area contributed by atoms with Gasteiger partial charge in [-0.25, -0.2) is 0 Å². The number of halogens is 1. The van der Waals surface area contributed by atoms with Crippen molar-refractivity contribution in [3.05, 3.63) is 10.1 Å². The summed E-state index contributed by atoms with van der Waals surface area (Å²) in [6.07, 6.45) is 1.26. The monoisotopic (exact) mass is 225 g/mol. The summed E-state index contributed by atoms with van der Waals surface area (Å²) in [5, 5.41) is 18.9. The molecule has 11 heavy (non-hydrogen) atoms. The zero-order chi connectivity index (χ0) is 8.91. The van der Waals surface area contributed by atoms with Gasteiger partial charge < -0.3 is 5.11 Å². The van der Waals surface area contributed by atoms with Gasteiger partial charge in [0.1, 0.15) is 0 Å². The van der Waals surface area contributed by atoms with Crippen LogP contribution in [0.15, 0.2) is 0 Å². The Bertz CT molecular complexity index is 142. The Hall–Kier alpha value is -0.160. The van der Waals surface area contributed by atoms with Crippen molar-refractivity contribution in [1.29, 1.82) is 0 Å². The van der Waals surface area contributed by atoms with Crippen LogP contribution in [0, 0.1) is 10.1 Å². The minimum absolute atomic E-state index is 0.00118. The van der Waals surface area contributed by atoms with Crippen molar-refractivity contribution < 1.29 is 10.0 Å². The van der Waals surface area contributed by atoms with Crippen LogP contribution in [-0.4, -0.2) is 21.1 Å². The lowest BCUT2D eigenvalue weighted by atomic mass is 10.1. The van der Waals surface area contributed by atoms with Crippen molar-refractivity contribution in [3.63, 3.8) is 0 Å². The Morgan fingerprint density at radius 1 is 1.73 bits per heavy atom. The summed E-state index contributed by atoms with van der Waals surface area (Å²) in [5.74, 6) is 0. The minimum Gasteiger partial charge on any atom is -0.396 e. The van der Waals surface area contributed by atoms with E-state index in [1.165, 1.54) is 0 Å². The van der Waals surface area contributed by atoms with Crippen LogP contribution in [0.3, 0.4) is 0 Å². The number of aliphatic hydroxyl groups excluding tert-OH is 1. The second-order valence-electron chi connectivity index (χ2n) is 2.36. The van der Waals surface area contributed by atoms with Crippen molar-refractivity contribution in [1.82, 2.24) is 0 Å². The Labute approximate surface area is 73.9 Å². The maximum Gasteiger partial charge on any atom is 0.274 e. The Kier molecular flexibility index (Phi) is 4.60. The fraction of sp³-hybridized carbons (Fsp3) is 1.00. The van der Waals surface area contributed by atoms with Crippen LogP contribution in [0.5, 0.6) is 0 Å². The molecule has 0 aliphatic rings. The number of aliphatic hydroxyl groups is 1. The number of nitrogens with zero attached hydrogens (tertiary/aromatic N) is 1. The van der Waals surface area contributed by atoms with E-state index >= 15 is 0 Å². The van der Waals surface area contributed by atoms with E-state index in [2.05, 4.69) is 15.9 Å². The van der Waals surface area contributed by atoms with Gasteiger partial charge >= 0.3 is 0 Å². The molecule has 5 heteroatoms. The highest BCUT2D eigenvalue weighted by Crippen LogP contribution is 2.28. The number of alkyl halides is 1. The zero-order valence-corrected chi connectivity index (χ0v) is 8.00. The lowest BCUT2D eigenvalue weighted by molar-refractivity contribution is -0.537. The Morgan fingerprint density at radius 3 is 2.55 bits per heavy atom. The molecule has 0 saturated carbocycles. The molecule has 0 saturated heterocycles.